The number of ether oxygens (including phenoxy) is 1. The summed E-state index contributed by atoms with van der Waals surface area (Å²) in [5.41, 5.74) is 0.374. The SMILES string of the molecule is CC(C)N(Cc1nc2ccccc2c(=O)[nH]1)C(=O)COc1ccccc1Cl. The van der Waals surface area contributed by atoms with Gasteiger partial charge in [-0.05, 0) is 38.1 Å². The number of nitrogens with one attached hydrogen (secondary N) is 1. The zero-order valence-corrected chi connectivity index (χ0v) is 15.9. The van der Waals surface area contributed by atoms with Gasteiger partial charge in [-0.2, -0.15) is 0 Å². The molecule has 140 valence electrons. The van der Waals surface area contributed by atoms with Crippen molar-refractivity contribution in [2.75, 3.05) is 6.61 Å². The molecule has 1 aromatic heterocycles. The highest BCUT2D eigenvalue weighted by Crippen LogP contribution is 2.23. The van der Waals surface area contributed by atoms with Crippen LogP contribution in [0.25, 0.3) is 10.9 Å². The molecule has 27 heavy (non-hydrogen) atoms. The number of hydrogen-bond acceptors (Lipinski definition) is 4. The van der Waals surface area contributed by atoms with Gasteiger partial charge < -0.3 is 14.6 Å². The first-order valence-electron chi connectivity index (χ1n) is 8.60. The van der Waals surface area contributed by atoms with E-state index in [1.165, 1.54) is 0 Å². The number of aromatic nitrogens is 2. The van der Waals surface area contributed by atoms with Crippen molar-refractivity contribution in [1.82, 2.24) is 14.9 Å². The van der Waals surface area contributed by atoms with E-state index in [2.05, 4.69) is 9.97 Å². The van der Waals surface area contributed by atoms with Crippen LogP contribution in [-0.2, 0) is 11.3 Å². The number of carbonyl (C=O) groups is 1. The van der Waals surface area contributed by atoms with E-state index in [9.17, 15) is 9.59 Å². The van der Waals surface area contributed by atoms with Crippen LogP contribution in [0.4, 0.5) is 0 Å². The number of para-hydroxylation sites is 2. The second kappa shape index (κ2) is 8.22. The Morgan fingerprint density at radius 2 is 1.89 bits per heavy atom. The number of benzene rings is 2. The van der Waals surface area contributed by atoms with Crippen LogP contribution in [0.3, 0.4) is 0 Å². The summed E-state index contributed by atoms with van der Waals surface area (Å²) in [6.45, 7) is 3.82. The minimum absolute atomic E-state index is 0.0934. The van der Waals surface area contributed by atoms with E-state index in [0.717, 1.165) is 0 Å². The fourth-order valence-electron chi connectivity index (χ4n) is 2.71. The van der Waals surface area contributed by atoms with Gasteiger partial charge in [0.1, 0.15) is 11.6 Å². The van der Waals surface area contributed by atoms with E-state index >= 15 is 0 Å². The van der Waals surface area contributed by atoms with Crippen molar-refractivity contribution in [1.29, 1.82) is 0 Å². The molecular weight excluding hydrogens is 366 g/mol. The molecule has 0 spiro atoms. The van der Waals surface area contributed by atoms with Gasteiger partial charge in [0.2, 0.25) is 0 Å². The number of H-pyrrole nitrogens is 1. The molecular formula is C20H20ClN3O3. The summed E-state index contributed by atoms with van der Waals surface area (Å²) in [4.78, 5) is 33.7. The summed E-state index contributed by atoms with van der Waals surface area (Å²) in [6, 6.07) is 14.0. The van der Waals surface area contributed by atoms with Crippen LogP contribution in [0.5, 0.6) is 5.75 Å². The second-order valence-electron chi connectivity index (χ2n) is 6.36. The Morgan fingerprint density at radius 3 is 2.63 bits per heavy atom. The molecule has 0 aliphatic heterocycles. The Balaban J connectivity index is 1.76. The van der Waals surface area contributed by atoms with Crippen molar-refractivity contribution in [3.05, 3.63) is 69.7 Å². The van der Waals surface area contributed by atoms with Gasteiger partial charge >= 0.3 is 0 Å². The Labute approximate surface area is 161 Å². The van der Waals surface area contributed by atoms with E-state index in [4.69, 9.17) is 16.3 Å². The average molecular weight is 386 g/mol. The highest BCUT2D eigenvalue weighted by atomic mass is 35.5. The maximum Gasteiger partial charge on any atom is 0.261 e. The molecule has 3 rings (SSSR count). The largest absolute Gasteiger partial charge is 0.482 e. The van der Waals surface area contributed by atoms with Gasteiger partial charge in [0.15, 0.2) is 6.61 Å². The van der Waals surface area contributed by atoms with Crippen molar-refractivity contribution >= 4 is 28.4 Å². The van der Waals surface area contributed by atoms with Crippen LogP contribution in [0.2, 0.25) is 5.02 Å². The number of aromatic amines is 1. The Bertz CT molecular complexity index is 1020. The van der Waals surface area contributed by atoms with E-state index in [0.29, 0.717) is 27.5 Å². The maximum absolute atomic E-state index is 12.7. The van der Waals surface area contributed by atoms with Crippen LogP contribution in [0, 0.1) is 0 Å². The predicted octanol–water partition coefficient (Wildman–Crippen LogP) is 3.39. The lowest BCUT2D eigenvalue weighted by Gasteiger charge is -2.26. The van der Waals surface area contributed by atoms with E-state index in [1.807, 2.05) is 19.9 Å². The lowest BCUT2D eigenvalue weighted by Crippen LogP contribution is -2.40. The number of nitrogens with zero attached hydrogens (tertiary/aromatic N) is 2. The highest BCUT2D eigenvalue weighted by Gasteiger charge is 2.20. The minimum atomic E-state index is -0.223. The van der Waals surface area contributed by atoms with Gasteiger partial charge in [0, 0.05) is 6.04 Å². The number of carbonyl (C=O) groups excluding carboxylic acids is 1. The highest BCUT2D eigenvalue weighted by molar-refractivity contribution is 6.32. The fourth-order valence-corrected chi connectivity index (χ4v) is 2.90. The molecule has 0 saturated heterocycles. The summed E-state index contributed by atoms with van der Waals surface area (Å²) in [6.07, 6.45) is 0. The van der Waals surface area contributed by atoms with Gasteiger partial charge in [-0.25, -0.2) is 4.98 Å². The molecule has 1 amide bonds. The van der Waals surface area contributed by atoms with Gasteiger partial charge in [-0.1, -0.05) is 35.9 Å². The quantitative estimate of drug-likeness (QED) is 0.705. The number of rotatable bonds is 6. The van der Waals surface area contributed by atoms with Gasteiger partial charge in [0.05, 0.1) is 22.5 Å². The minimum Gasteiger partial charge on any atom is -0.482 e. The molecule has 0 bridgehead atoms. The predicted molar refractivity (Wildman–Crippen MR) is 105 cm³/mol. The number of fused-ring (bicyclic) bond motifs is 1. The summed E-state index contributed by atoms with van der Waals surface area (Å²) < 4.78 is 5.55. The molecule has 0 saturated carbocycles. The molecule has 0 atom stereocenters. The first-order chi connectivity index (χ1) is 13.0. The molecule has 1 N–H and O–H groups in total. The number of hydrogen-bond donors (Lipinski definition) is 1. The molecule has 0 fully saturated rings. The molecule has 0 unspecified atom stereocenters. The van der Waals surface area contributed by atoms with Crippen LogP contribution in [0.15, 0.2) is 53.3 Å². The van der Waals surface area contributed by atoms with E-state index < -0.39 is 0 Å². The summed E-state index contributed by atoms with van der Waals surface area (Å²) in [5.74, 6) is 0.660. The Morgan fingerprint density at radius 1 is 1.19 bits per heavy atom. The topological polar surface area (TPSA) is 75.3 Å². The van der Waals surface area contributed by atoms with Crippen LogP contribution >= 0.6 is 11.6 Å². The third-order valence-electron chi connectivity index (χ3n) is 4.11. The third-order valence-corrected chi connectivity index (χ3v) is 4.43. The molecule has 6 nitrogen and oxygen atoms in total. The Hall–Kier alpha value is -2.86. The van der Waals surface area contributed by atoms with Gasteiger partial charge in [0.25, 0.3) is 11.5 Å². The van der Waals surface area contributed by atoms with E-state index in [1.54, 1.807) is 47.4 Å². The zero-order chi connectivity index (χ0) is 19.4. The van der Waals surface area contributed by atoms with Crippen molar-refractivity contribution in [2.45, 2.75) is 26.4 Å². The maximum atomic E-state index is 12.7. The van der Waals surface area contributed by atoms with Crippen LogP contribution in [0.1, 0.15) is 19.7 Å². The van der Waals surface area contributed by atoms with Gasteiger partial charge in [-0.3, -0.25) is 9.59 Å². The van der Waals surface area contributed by atoms with Crippen molar-refractivity contribution in [3.8, 4) is 5.75 Å². The molecule has 0 aliphatic rings. The number of halogens is 1. The molecule has 0 aliphatic carbocycles. The summed E-state index contributed by atoms with van der Waals surface area (Å²) in [7, 11) is 0. The molecule has 1 heterocycles. The molecule has 3 aromatic rings. The third kappa shape index (κ3) is 4.46. The first-order valence-corrected chi connectivity index (χ1v) is 8.98. The van der Waals surface area contributed by atoms with Crippen LogP contribution < -0.4 is 10.3 Å². The van der Waals surface area contributed by atoms with Crippen molar-refractivity contribution in [2.24, 2.45) is 0 Å². The van der Waals surface area contributed by atoms with Crippen LogP contribution in [-0.4, -0.2) is 33.4 Å². The van der Waals surface area contributed by atoms with E-state index in [-0.39, 0.29) is 30.7 Å². The normalized spacial score (nSPS) is 11.0. The molecule has 2 aromatic carbocycles. The zero-order valence-electron chi connectivity index (χ0n) is 15.1. The second-order valence-corrected chi connectivity index (χ2v) is 6.77. The lowest BCUT2D eigenvalue weighted by atomic mass is 10.2. The molecule has 0 radical (unpaired) electrons. The standard InChI is InChI=1S/C20H20ClN3O3/c1-13(2)24(19(25)12-27-17-10-6-4-8-15(17)21)11-18-22-16-9-5-3-7-14(16)20(26)23-18/h3-10,13H,11-12H2,1-2H3,(H,22,23,26). The smallest absolute Gasteiger partial charge is 0.261 e. The average Bonchev–Trinajstić information content (AvgIpc) is 2.65. The number of amides is 1. The summed E-state index contributed by atoms with van der Waals surface area (Å²) >= 11 is 6.05. The monoisotopic (exact) mass is 385 g/mol. The van der Waals surface area contributed by atoms with Gasteiger partial charge in [-0.15, -0.1) is 0 Å². The Kier molecular flexibility index (Phi) is 5.76. The first kappa shape index (κ1) is 18.9. The fraction of sp³-hybridized carbons (Fsp3) is 0.250. The lowest BCUT2D eigenvalue weighted by molar-refractivity contribution is -0.135. The van der Waals surface area contributed by atoms with Crippen molar-refractivity contribution < 1.29 is 9.53 Å². The van der Waals surface area contributed by atoms with Crippen molar-refractivity contribution in [3.63, 3.8) is 0 Å². The molecule has 7 heteroatoms. The summed E-state index contributed by atoms with van der Waals surface area (Å²) in [5, 5.41) is 0.965.